The monoisotopic (exact) mass is 331 g/mol. The molecule has 1 heterocycles. The van der Waals surface area contributed by atoms with E-state index in [4.69, 9.17) is 0 Å². The molecule has 2 rings (SSSR count). The smallest absolute Gasteiger partial charge is 0.217 e. The van der Waals surface area contributed by atoms with E-state index in [1.54, 1.807) is 6.07 Å². The van der Waals surface area contributed by atoms with E-state index < -0.39 is 0 Å². The summed E-state index contributed by atoms with van der Waals surface area (Å²) in [5.74, 6) is 0.401. The van der Waals surface area contributed by atoms with E-state index in [-0.39, 0.29) is 5.82 Å². The van der Waals surface area contributed by atoms with Gasteiger partial charge in [-0.15, -0.1) is 0 Å². The SMILES string of the molecule is Fc1cccc(CNC2=NCC(I)C=N2)c1. The molecule has 0 fully saturated rings. The van der Waals surface area contributed by atoms with Crippen molar-refractivity contribution in [2.75, 3.05) is 6.54 Å². The van der Waals surface area contributed by atoms with Gasteiger partial charge in [0.05, 0.1) is 10.5 Å². The van der Waals surface area contributed by atoms with Crippen LogP contribution in [0.3, 0.4) is 0 Å². The molecular weight excluding hydrogens is 320 g/mol. The summed E-state index contributed by atoms with van der Waals surface area (Å²) in [5.41, 5.74) is 0.884. The average molecular weight is 331 g/mol. The minimum atomic E-state index is -0.222. The van der Waals surface area contributed by atoms with Crippen molar-refractivity contribution in [3.05, 3.63) is 35.6 Å². The Morgan fingerprint density at radius 1 is 1.50 bits per heavy atom. The van der Waals surface area contributed by atoms with Gasteiger partial charge in [0.15, 0.2) is 0 Å². The molecule has 0 spiro atoms. The molecule has 0 saturated carbocycles. The molecule has 3 nitrogen and oxygen atoms in total. The van der Waals surface area contributed by atoms with Crippen molar-refractivity contribution in [1.82, 2.24) is 5.32 Å². The predicted octanol–water partition coefficient (Wildman–Crippen LogP) is 2.16. The van der Waals surface area contributed by atoms with Gasteiger partial charge < -0.3 is 5.32 Å². The molecule has 1 aliphatic heterocycles. The van der Waals surface area contributed by atoms with Crippen LogP contribution in [-0.4, -0.2) is 22.6 Å². The lowest BCUT2D eigenvalue weighted by Gasteiger charge is -2.11. The van der Waals surface area contributed by atoms with E-state index in [0.29, 0.717) is 16.4 Å². The summed E-state index contributed by atoms with van der Waals surface area (Å²) < 4.78 is 13.3. The highest BCUT2D eigenvalue weighted by Gasteiger charge is 2.06. The normalized spacial score (nSPS) is 19.4. The summed E-state index contributed by atoms with van der Waals surface area (Å²) in [6, 6.07) is 6.49. The van der Waals surface area contributed by atoms with Crippen molar-refractivity contribution in [2.24, 2.45) is 9.98 Å². The molecule has 1 atom stereocenters. The number of halogens is 2. The zero-order valence-corrected chi connectivity index (χ0v) is 10.7. The zero-order chi connectivity index (χ0) is 11.4. The lowest BCUT2D eigenvalue weighted by molar-refractivity contribution is 0.624. The van der Waals surface area contributed by atoms with Crippen LogP contribution < -0.4 is 5.32 Å². The third-order valence-electron chi connectivity index (χ3n) is 2.11. The van der Waals surface area contributed by atoms with E-state index in [2.05, 4.69) is 37.9 Å². The van der Waals surface area contributed by atoms with Crippen LogP contribution in [0, 0.1) is 5.82 Å². The summed E-state index contributed by atoms with van der Waals surface area (Å²) in [5, 5.41) is 3.07. The fourth-order valence-electron chi connectivity index (χ4n) is 1.34. The van der Waals surface area contributed by atoms with Crippen LogP contribution in [0.4, 0.5) is 4.39 Å². The second-order valence-corrected chi connectivity index (χ2v) is 5.04. The van der Waals surface area contributed by atoms with Crippen molar-refractivity contribution in [3.63, 3.8) is 0 Å². The summed E-state index contributed by atoms with van der Waals surface area (Å²) in [6.45, 7) is 1.29. The summed E-state index contributed by atoms with van der Waals surface area (Å²) in [7, 11) is 0. The molecule has 0 aromatic heterocycles. The molecule has 1 N–H and O–H groups in total. The minimum absolute atomic E-state index is 0.222. The number of guanidine groups is 1. The van der Waals surface area contributed by atoms with Gasteiger partial charge in [-0.1, -0.05) is 34.7 Å². The molecule has 0 aliphatic carbocycles. The largest absolute Gasteiger partial charge is 0.350 e. The molecule has 1 aliphatic rings. The number of benzene rings is 1. The number of nitrogens with one attached hydrogen (secondary N) is 1. The van der Waals surface area contributed by atoms with Crippen molar-refractivity contribution < 1.29 is 4.39 Å². The fourth-order valence-corrected chi connectivity index (χ4v) is 1.70. The Hall–Kier alpha value is -0.980. The van der Waals surface area contributed by atoms with Crippen LogP contribution in [-0.2, 0) is 6.54 Å². The number of rotatable bonds is 2. The van der Waals surface area contributed by atoms with E-state index in [1.165, 1.54) is 12.1 Å². The maximum Gasteiger partial charge on any atom is 0.217 e. The van der Waals surface area contributed by atoms with Gasteiger partial charge in [-0.2, -0.15) is 0 Å². The molecule has 1 aromatic carbocycles. The molecular formula is C11H11FIN3. The fraction of sp³-hybridized carbons (Fsp3) is 0.273. The Bertz CT molecular complexity index is 431. The molecule has 5 heteroatoms. The molecule has 0 saturated heterocycles. The predicted molar refractivity (Wildman–Crippen MR) is 71.8 cm³/mol. The second-order valence-electron chi connectivity index (χ2n) is 3.44. The van der Waals surface area contributed by atoms with Gasteiger partial charge in [-0.05, 0) is 17.7 Å². The average Bonchev–Trinajstić information content (AvgIpc) is 2.28. The van der Waals surface area contributed by atoms with Crippen molar-refractivity contribution in [1.29, 1.82) is 0 Å². The van der Waals surface area contributed by atoms with Gasteiger partial charge in [0.25, 0.3) is 0 Å². The van der Waals surface area contributed by atoms with Crippen LogP contribution in [0.1, 0.15) is 5.56 Å². The molecule has 0 bridgehead atoms. The Morgan fingerprint density at radius 2 is 2.38 bits per heavy atom. The summed E-state index contributed by atoms with van der Waals surface area (Å²) >= 11 is 2.28. The Morgan fingerprint density at radius 3 is 3.06 bits per heavy atom. The molecule has 1 unspecified atom stereocenters. The molecule has 16 heavy (non-hydrogen) atoms. The van der Waals surface area contributed by atoms with Gasteiger partial charge in [-0.25, -0.2) is 14.4 Å². The number of nitrogens with zero attached hydrogens (tertiary/aromatic N) is 2. The molecule has 0 radical (unpaired) electrons. The van der Waals surface area contributed by atoms with Crippen LogP contribution in [0.15, 0.2) is 34.3 Å². The summed E-state index contributed by atoms with van der Waals surface area (Å²) in [6.07, 6.45) is 1.86. The van der Waals surface area contributed by atoms with Crippen molar-refractivity contribution >= 4 is 34.8 Å². The number of alkyl halides is 1. The topological polar surface area (TPSA) is 36.8 Å². The number of hydrogen-bond donors (Lipinski definition) is 1. The molecule has 1 aromatic rings. The summed E-state index contributed by atoms with van der Waals surface area (Å²) in [4.78, 5) is 8.41. The van der Waals surface area contributed by atoms with Gasteiger partial charge in [-0.3, -0.25) is 0 Å². The lowest BCUT2D eigenvalue weighted by atomic mass is 10.2. The highest BCUT2D eigenvalue weighted by molar-refractivity contribution is 14.1. The maximum absolute atomic E-state index is 12.9. The highest BCUT2D eigenvalue weighted by atomic mass is 127. The van der Waals surface area contributed by atoms with E-state index in [9.17, 15) is 4.39 Å². The first-order chi connectivity index (χ1) is 7.74. The van der Waals surface area contributed by atoms with Gasteiger partial charge in [0.1, 0.15) is 5.82 Å². The Kier molecular flexibility index (Phi) is 3.87. The maximum atomic E-state index is 12.9. The first kappa shape index (κ1) is 11.5. The quantitative estimate of drug-likeness (QED) is 0.654. The molecule has 0 amide bonds. The molecule has 84 valence electrons. The number of aliphatic imine (C=N–C) groups is 2. The Labute approximate surface area is 107 Å². The first-order valence-electron chi connectivity index (χ1n) is 4.95. The van der Waals surface area contributed by atoms with Crippen LogP contribution in [0.25, 0.3) is 0 Å². The van der Waals surface area contributed by atoms with E-state index >= 15 is 0 Å². The van der Waals surface area contributed by atoms with Gasteiger partial charge in [0.2, 0.25) is 5.96 Å². The minimum Gasteiger partial charge on any atom is -0.350 e. The standard InChI is InChI=1S/C11H11FIN3/c12-9-3-1-2-8(4-9)5-14-11-15-6-10(13)7-16-11/h1-4,6,10H,5,7H2,(H,14,16). The third kappa shape index (κ3) is 3.26. The Balaban J connectivity index is 1.91. The third-order valence-corrected chi connectivity index (χ3v) is 2.83. The van der Waals surface area contributed by atoms with E-state index in [0.717, 1.165) is 12.1 Å². The van der Waals surface area contributed by atoms with Crippen molar-refractivity contribution in [3.8, 4) is 0 Å². The van der Waals surface area contributed by atoms with Crippen LogP contribution >= 0.6 is 22.6 Å². The highest BCUT2D eigenvalue weighted by Crippen LogP contribution is 2.05. The first-order valence-corrected chi connectivity index (χ1v) is 6.19. The van der Waals surface area contributed by atoms with E-state index in [1.807, 2.05) is 12.3 Å². The van der Waals surface area contributed by atoms with Crippen LogP contribution in [0.5, 0.6) is 0 Å². The lowest BCUT2D eigenvalue weighted by Crippen LogP contribution is -2.26. The number of hydrogen-bond acceptors (Lipinski definition) is 3. The second kappa shape index (κ2) is 5.38. The van der Waals surface area contributed by atoms with Crippen LogP contribution in [0.2, 0.25) is 0 Å². The van der Waals surface area contributed by atoms with Gasteiger partial charge in [0, 0.05) is 12.8 Å². The zero-order valence-electron chi connectivity index (χ0n) is 8.53. The van der Waals surface area contributed by atoms with Crippen molar-refractivity contribution in [2.45, 2.75) is 10.5 Å². The van der Waals surface area contributed by atoms with Gasteiger partial charge >= 0.3 is 0 Å².